The lowest BCUT2D eigenvalue weighted by Crippen LogP contribution is -2.23. The van der Waals surface area contributed by atoms with Crippen molar-refractivity contribution in [1.29, 1.82) is 5.26 Å². The van der Waals surface area contributed by atoms with Gasteiger partial charge < -0.3 is 8.98 Å². The van der Waals surface area contributed by atoms with Crippen LogP contribution in [0.5, 0.6) is 0 Å². The van der Waals surface area contributed by atoms with E-state index in [4.69, 9.17) is 4.42 Å². The summed E-state index contributed by atoms with van der Waals surface area (Å²) in [6.07, 6.45) is 0. The Morgan fingerprint density at radius 2 is 1.97 bits per heavy atom. The van der Waals surface area contributed by atoms with Crippen LogP contribution >= 0.6 is 23.5 Å². The number of hydrogen-bond acceptors (Lipinski definition) is 7. The second kappa shape index (κ2) is 9.41. The van der Waals surface area contributed by atoms with Gasteiger partial charge in [-0.25, -0.2) is 0 Å². The van der Waals surface area contributed by atoms with Crippen molar-refractivity contribution in [3.8, 4) is 6.07 Å². The number of hydrogen-bond donors (Lipinski definition) is 1. The first-order valence-electron chi connectivity index (χ1n) is 9.35. The van der Waals surface area contributed by atoms with E-state index >= 15 is 0 Å². The van der Waals surface area contributed by atoms with Crippen molar-refractivity contribution < 1.29 is 9.21 Å². The molecule has 0 aliphatic carbocycles. The van der Waals surface area contributed by atoms with Gasteiger partial charge in [0.2, 0.25) is 11.8 Å². The first kappa shape index (κ1) is 22.0. The minimum absolute atomic E-state index is 0.193. The zero-order chi connectivity index (χ0) is 21.8. The Morgan fingerprint density at radius 1 is 1.27 bits per heavy atom. The number of nitrogens with zero attached hydrogens (tertiary/aromatic N) is 4. The second-order valence-corrected chi connectivity index (χ2v) is 9.26. The van der Waals surface area contributed by atoms with Crippen LogP contribution in [-0.2, 0) is 17.6 Å². The largest absolute Gasteiger partial charge is 0.444 e. The smallest absolute Gasteiger partial charge is 0.240 e. The number of aryl methyl sites for hydroxylation is 2. The summed E-state index contributed by atoms with van der Waals surface area (Å²) < 4.78 is 7.42. The molecule has 2 aromatic heterocycles. The zero-order valence-corrected chi connectivity index (χ0v) is 19.1. The lowest BCUT2D eigenvalue weighted by molar-refractivity contribution is -0.115. The van der Waals surface area contributed by atoms with Gasteiger partial charge in [-0.15, -0.1) is 22.0 Å². The van der Waals surface area contributed by atoms with Crippen molar-refractivity contribution in [2.75, 3.05) is 5.32 Å². The summed E-state index contributed by atoms with van der Waals surface area (Å²) >= 11 is 3.00. The van der Waals surface area contributed by atoms with Crippen molar-refractivity contribution in [3.05, 3.63) is 52.5 Å². The molecule has 0 radical (unpaired) electrons. The standard InChI is InChI=1S/C21H23N5O2S2/c1-12-6-8-16(9-7-12)29-11-18-24-25-21(26(18)5)30-15(4)19(27)23-20-17(10-22)13(2)14(3)28-20/h6-9,15H,11H2,1-5H3,(H,23,27). The predicted octanol–water partition coefficient (Wildman–Crippen LogP) is 4.62. The van der Waals surface area contributed by atoms with E-state index in [1.807, 2.05) is 11.6 Å². The Kier molecular flexibility index (Phi) is 6.90. The van der Waals surface area contributed by atoms with Crippen LogP contribution < -0.4 is 5.32 Å². The molecule has 1 N–H and O–H groups in total. The van der Waals surface area contributed by atoms with Crippen molar-refractivity contribution >= 4 is 35.3 Å². The summed E-state index contributed by atoms with van der Waals surface area (Å²) in [5.41, 5.74) is 2.31. The molecule has 30 heavy (non-hydrogen) atoms. The molecule has 0 spiro atoms. The van der Waals surface area contributed by atoms with Crippen molar-refractivity contribution in [1.82, 2.24) is 14.8 Å². The van der Waals surface area contributed by atoms with E-state index in [1.54, 1.807) is 32.5 Å². The van der Waals surface area contributed by atoms with Crippen LogP contribution in [0.2, 0.25) is 0 Å². The number of carbonyl (C=O) groups excluding carboxylic acids is 1. The molecule has 2 heterocycles. The SMILES string of the molecule is Cc1ccc(SCc2nnc(SC(C)C(=O)Nc3oc(C)c(C)c3C#N)n2C)cc1. The highest BCUT2D eigenvalue weighted by Gasteiger charge is 2.22. The predicted molar refractivity (Wildman–Crippen MR) is 119 cm³/mol. The monoisotopic (exact) mass is 441 g/mol. The van der Waals surface area contributed by atoms with Crippen LogP contribution in [0.25, 0.3) is 0 Å². The summed E-state index contributed by atoms with van der Waals surface area (Å²) in [4.78, 5) is 13.8. The number of thioether (sulfide) groups is 2. The molecule has 1 atom stereocenters. The van der Waals surface area contributed by atoms with Gasteiger partial charge in [-0.1, -0.05) is 29.5 Å². The molecule has 3 aromatic rings. The molecule has 0 saturated heterocycles. The summed E-state index contributed by atoms with van der Waals surface area (Å²) in [5.74, 6) is 2.07. The molecule has 1 aromatic carbocycles. The van der Waals surface area contributed by atoms with Gasteiger partial charge in [0.05, 0.1) is 11.0 Å². The average Bonchev–Trinajstić information content (AvgIpc) is 3.20. The normalized spacial score (nSPS) is 11.9. The molecular formula is C21H23N5O2S2. The Hall–Kier alpha value is -2.70. The maximum atomic E-state index is 12.6. The maximum Gasteiger partial charge on any atom is 0.240 e. The molecule has 0 aliphatic heterocycles. The van der Waals surface area contributed by atoms with Gasteiger partial charge in [0.1, 0.15) is 23.2 Å². The summed E-state index contributed by atoms with van der Waals surface area (Å²) in [6, 6.07) is 10.4. The Balaban J connectivity index is 1.62. The van der Waals surface area contributed by atoms with E-state index in [0.29, 0.717) is 22.2 Å². The molecule has 9 heteroatoms. The van der Waals surface area contributed by atoms with Gasteiger partial charge in [-0.3, -0.25) is 10.1 Å². The van der Waals surface area contributed by atoms with Gasteiger partial charge in [0.15, 0.2) is 5.16 Å². The molecule has 156 valence electrons. The fourth-order valence-corrected chi connectivity index (χ4v) is 4.34. The van der Waals surface area contributed by atoms with Gasteiger partial charge >= 0.3 is 0 Å². The lowest BCUT2D eigenvalue weighted by atomic mass is 10.2. The molecule has 0 aliphatic rings. The van der Waals surface area contributed by atoms with Crippen LogP contribution in [0.1, 0.15) is 35.2 Å². The van der Waals surface area contributed by atoms with E-state index in [9.17, 15) is 10.1 Å². The maximum absolute atomic E-state index is 12.6. The van der Waals surface area contributed by atoms with E-state index < -0.39 is 5.25 Å². The van der Waals surface area contributed by atoms with E-state index in [2.05, 4.69) is 52.8 Å². The van der Waals surface area contributed by atoms with Crippen LogP contribution in [0, 0.1) is 32.1 Å². The van der Waals surface area contributed by atoms with Gasteiger partial charge in [0.25, 0.3) is 0 Å². The van der Waals surface area contributed by atoms with Crippen LogP contribution in [0.3, 0.4) is 0 Å². The first-order chi connectivity index (χ1) is 14.3. The number of benzene rings is 1. The molecule has 1 unspecified atom stereocenters. The van der Waals surface area contributed by atoms with Crippen molar-refractivity contribution in [3.63, 3.8) is 0 Å². The zero-order valence-electron chi connectivity index (χ0n) is 17.5. The molecule has 3 rings (SSSR count). The highest BCUT2D eigenvalue weighted by atomic mass is 32.2. The summed E-state index contributed by atoms with van der Waals surface area (Å²) in [5, 5.41) is 20.7. The summed E-state index contributed by atoms with van der Waals surface area (Å²) in [7, 11) is 1.89. The number of nitrogens with one attached hydrogen (secondary N) is 1. The fourth-order valence-electron chi connectivity index (χ4n) is 2.63. The van der Waals surface area contributed by atoms with Crippen molar-refractivity contribution in [2.24, 2.45) is 7.05 Å². The summed E-state index contributed by atoms with van der Waals surface area (Å²) in [6.45, 7) is 7.40. The fraction of sp³-hybridized carbons (Fsp3) is 0.333. The minimum atomic E-state index is -0.442. The van der Waals surface area contributed by atoms with Crippen LogP contribution in [0.15, 0.2) is 38.7 Å². The third kappa shape index (κ3) is 4.89. The third-order valence-corrected chi connectivity index (χ3v) is 6.84. The van der Waals surface area contributed by atoms with Crippen molar-refractivity contribution in [2.45, 2.75) is 48.7 Å². The number of anilines is 1. The van der Waals surface area contributed by atoms with Gasteiger partial charge in [-0.2, -0.15) is 5.26 Å². The highest BCUT2D eigenvalue weighted by Crippen LogP contribution is 2.28. The van der Waals surface area contributed by atoms with E-state index in [0.717, 1.165) is 11.4 Å². The topological polar surface area (TPSA) is 96.7 Å². The van der Waals surface area contributed by atoms with Gasteiger partial charge in [0, 0.05) is 17.5 Å². The van der Waals surface area contributed by atoms with Gasteiger partial charge in [-0.05, 0) is 39.8 Å². The number of carbonyl (C=O) groups is 1. The Bertz CT molecular complexity index is 1100. The lowest BCUT2D eigenvalue weighted by Gasteiger charge is -2.10. The second-order valence-electron chi connectivity index (χ2n) is 6.91. The highest BCUT2D eigenvalue weighted by molar-refractivity contribution is 8.00. The van der Waals surface area contributed by atoms with Crippen LogP contribution in [-0.4, -0.2) is 25.9 Å². The van der Waals surface area contributed by atoms with Crippen LogP contribution in [0.4, 0.5) is 5.88 Å². The molecule has 0 saturated carbocycles. The minimum Gasteiger partial charge on any atom is -0.444 e. The Morgan fingerprint density at radius 3 is 2.63 bits per heavy atom. The number of rotatable bonds is 7. The number of amides is 1. The number of aromatic nitrogens is 3. The third-order valence-electron chi connectivity index (χ3n) is 4.70. The molecule has 1 amide bonds. The first-order valence-corrected chi connectivity index (χ1v) is 11.2. The molecule has 0 fully saturated rings. The van der Waals surface area contributed by atoms with E-state index in [-0.39, 0.29) is 11.8 Å². The molecule has 0 bridgehead atoms. The molecular weight excluding hydrogens is 418 g/mol. The number of furan rings is 1. The number of nitriles is 1. The Labute approximate surface area is 184 Å². The molecule has 7 nitrogen and oxygen atoms in total. The van der Waals surface area contributed by atoms with E-state index in [1.165, 1.54) is 22.2 Å². The average molecular weight is 442 g/mol. The quantitative estimate of drug-likeness (QED) is 0.535.